The highest BCUT2D eigenvalue weighted by atomic mass is 32.1. The van der Waals surface area contributed by atoms with Crippen molar-refractivity contribution >= 4 is 33.8 Å². The largest absolute Gasteiger partial charge is 0.497 e. The molecule has 0 bridgehead atoms. The highest BCUT2D eigenvalue weighted by Crippen LogP contribution is 2.33. The average Bonchev–Trinajstić information content (AvgIpc) is 3.01. The Balaban J connectivity index is 1.85. The van der Waals surface area contributed by atoms with Crippen LogP contribution in [0, 0.1) is 0 Å². The Bertz CT molecular complexity index is 891. The number of methoxy groups -OCH3 is 2. The van der Waals surface area contributed by atoms with Gasteiger partial charge in [0.15, 0.2) is 5.13 Å². The molecule has 0 spiro atoms. The lowest BCUT2D eigenvalue weighted by Crippen LogP contribution is -2.02. The van der Waals surface area contributed by atoms with E-state index in [1.54, 1.807) is 38.5 Å². The second-order valence-electron chi connectivity index (χ2n) is 5.12. The fourth-order valence-electron chi connectivity index (χ4n) is 2.28. The number of nitrogens with two attached hydrogens (primary N) is 1. The van der Waals surface area contributed by atoms with Gasteiger partial charge in [-0.15, -0.1) is 0 Å². The summed E-state index contributed by atoms with van der Waals surface area (Å²) in [4.78, 5) is 17.3. The number of nitrogens with zero attached hydrogens (tertiary/aromatic N) is 1. The number of aromatic nitrogens is 1. The van der Waals surface area contributed by atoms with Gasteiger partial charge in [-0.2, -0.15) is 0 Å². The Kier molecular flexibility index (Phi) is 4.85. The molecule has 3 aromatic rings. The van der Waals surface area contributed by atoms with Crippen LogP contribution < -0.4 is 20.5 Å². The first-order valence-electron chi connectivity index (χ1n) is 7.47. The van der Waals surface area contributed by atoms with Crippen molar-refractivity contribution in [1.82, 2.24) is 4.98 Å². The predicted octanol–water partition coefficient (Wildman–Crippen LogP) is 3.72. The van der Waals surface area contributed by atoms with E-state index in [0.29, 0.717) is 27.1 Å². The third-order valence-electron chi connectivity index (χ3n) is 3.56. The highest BCUT2D eigenvalue weighted by Gasteiger charge is 2.18. The van der Waals surface area contributed by atoms with Gasteiger partial charge in [0.2, 0.25) is 5.78 Å². The summed E-state index contributed by atoms with van der Waals surface area (Å²) >= 11 is 1.20. The van der Waals surface area contributed by atoms with Gasteiger partial charge in [-0.3, -0.25) is 4.79 Å². The second kappa shape index (κ2) is 7.23. The number of nitrogens with one attached hydrogen (secondary N) is 1. The van der Waals surface area contributed by atoms with Crippen molar-refractivity contribution in [2.75, 3.05) is 25.3 Å². The van der Waals surface area contributed by atoms with Crippen LogP contribution in [0.4, 0.5) is 16.6 Å². The van der Waals surface area contributed by atoms with E-state index in [4.69, 9.17) is 15.2 Å². The van der Waals surface area contributed by atoms with Crippen LogP contribution >= 0.6 is 11.3 Å². The molecule has 0 saturated carbocycles. The van der Waals surface area contributed by atoms with E-state index >= 15 is 0 Å². The number of ketones is 1. The van der Waals surface area contributed by atoms with Gasteiger partial charge in [0.25, 0.3) is 0 Å². The topological polar surface area (TPSA) is 86.5 Å². The normalized spacial score (nSPS) is 10.3. The molecule has 128 valence electrons. The molecule has 6 nitrogen and oxygen atoms in total. The number of hydrogen-bond acceptors (Lipinski definition) is 7. The molecule has 7 heteroatoms. The maximum atomic E-state index is 12.7. The summed E-state index contributed by atoms with van der Waals surface area (Å²) in [6.45, 7) is 0. The quantitative estimate of drug-likeness (QED) is 0.656. The summed E-state index contributed by atoms with van der Waals surface area (Å²) in [6.07, 6.45) is 0. The van der Waals surface area contributed by atoms with Crippen molar-refractivity contribution in [3.05, 3.63) is 59.0 Å². The molecule has 3 rings (SSSR count). The van der Waals surface area contributed by atoms with Gasteiger partial charge in [0.1, 0.15) is 22.2 Å². The number of benzene rings is 2. The van der Waals surface area contributed by atoms with E-state index < -0.39 is 0 Å². The standard InChI is InChI=1S/C18H17N3O3S/c1-23-12-9-7-11(8-10-12)15(22)16-17(19)21-18(25-16)20-13-5-3-4-6-14(13)24-2/h3-10H,19H2,1-2H3,(H,20,21). The minimum atomic E-state index is -0.175. The molecule has 0 fully saturated rings. The summed E-state index contributed by atoms with van der Waals surface area (Å²) in [6, 6.07) is 14.3. The molecule has 1 aromatic heterocycles. The summed E-state index contributed by atoms with van der Waals surface area (Å²) in [5.74, 6) is 1.39. The number of anilines is 3. The summed E-state index contributed by atoms with van der Waals surface area (Å²) < 4.78 is 10.4. The molecule has 0 atom stereocenters. The first-order chi connectivity index (χ1) is 12.1. The van der Waals surface area contributed by atoms with Crippen LogP contribution in [0.15, 0.2) is 48.5 Å². The van der Waals surface area contributed by atoms with Gasteiger partial charge in [0, 0.05) is 5.56 Å². The summed E-state index contributed by atoms with van der Waals surface area (Å²) in [7, 11) is 3.17. The zero-order valence-electron chi connectivity index (χ0n) is 13.8. The highest BCUT2D eigenvalue weighted by molar-refractivity contribution is 7.18. The lowest BCUT2D eigenvalue weighted by atomic mass is 10.1. The smallest absolute Gasteiger partial charge is 0.206 e. The third kappa shape index (κ3) is 3.56. The maximum absolute atomic E-state index is 12.7. The summed E-state index contributed by atoms with van der Waals surface area (Å²) in [5.41, 5.74) is 7.22. The van der Waals surface area contributed by atoms with Crippen LogP contribution in [-0.2, 0) is 0 Å². The van der Waals surface area contributed by atoms with Crippen molar-refractivity contribution in [3.8, 4) is 11.5 Å². The molecule has 0 radical (unpaired) electrons. The molecule has 0 aliphatic heterocycles. The van der Waals surface area contributed by atoms with Crippen molar-refractivity contribution in [1.29, 1.82) is 0 Å². The molecular formula is C18H17N3O3S. The van der Waals surface area contributed by atoms with Crippen LogP contribution in [0.5, 0.6) is 11.5 Å². The minimum Gasteiger partial charge on any atom is -0.497 e. The van der Waals surface area contributed by atoms with Crippen LogP contribution in [0.1, 0.15) is 15.2 Å². The minimum absolute atomic E-state index is 0.175. The fourth-order valence-corrected chi connectivity index (χ4v) is 3.14. The number of ether oxygens (including phenoxy) is 2. The SMILES string of the molecule is COc1ccc(C(=O)c2sc(Nc3ccccc3OC)nc2N)cc1. The molecule has 0 aliphatic rings. The second-order valence-corrected chi connectivity index (χ2v) is 6.12. The van der Waals surface area contributed by atoms with Gasteiger partial charge in [-0.05, 0) is 36.4 Å². The number of rotatable bonds is 6. The van der Waals surface area contributed by atoms with Crippen LogP contribution in [-0.4, -0.2) is 25.0 Å². The van der Waals surface area contributed by atoms with Crippen molar-refractivity contribution in [2.45, 2.75) is 0 Å². The van der Waals surface area contributed by atoms with Gasteiger partial charge in [-0.25, -0.2) is 4.98 Å². The molecule has 0 aliphatic carbocycles. The van der Waals surface area contributed by atoms with Crippen molar-refractivity contribution in [3.63, 3.8) is 0 Å². The van der Waals surface area contributed by atoms with E-state index in [1.165, 1.54) is 11.3 Å². The van der Waals surface area contributed by atoms with Gasteiger partial charge in [0.05, 0.1) is 19.9 Å². The third-order valence-corrected chi connectivity index (χ3v) is 4.55. The van der Waals surface area contributed by atoms with E-state index in [9.17, 15) is 4.79 Å². The van der Waals surface area contributed by atoms with E-state index in [-0.39, 0.29) is 11.6 Å². The Morgan fingerprint density at radius 1 is 1.08 bits per heavy atom. The molecule has 0 amide bonds. The molecule has 0 unspecified atom stereocenters. The molecule has 3 N–H and O–H groups in total. The van der Waals surface area contributed by atoms with Crippen LogP contribution in [0.3, 0.4) is 0 Å². The Morgan fingerprint density at radius 3 is 2.48 bits per heavy atom. The number of para-hydroxylation sites is 2. The first kappa shape index (κ1) is 16.8. The van der Waals surface area contributed by atoms with Gasteiger partial charge >= 0.3 is 0 Å². The van der Waals surface area contributed by atoms with E-state index in [2.05, 4.69) is 10.3 Å². The number of carbonyl (C=O) groups excluding carboxylic acids is 1. The van der Waals surface area contributed by atoms with Gasteiger partial charge < -0.3 is 20.5 Å². The van der Waals surface area contributed by atoms with E-state index in [0.717, 1.165) is 5.69 Å². The molecule has 2 aromatic carbocycles. The fraction of sp³-hybridized carbons (Fsp3) is 0.111. The number of hydrogen-bond donors (Lipinski definition) is 2. The van der Waals surface area contributed by atoms with Crippen molar-refractivity contribution in [2.24, 2.45) is 0 Å². The number of nitrogen functional groups attached to an aromatic ring is 1. The lowest BCUT2D eigenvalue weighted by molar-refractivity contribution is 0.104. The van der Waals surface area contributed by atoms with Gasteiger partial charge in [-0.1, -0.05) is 23.5 Å². The molecule has 25 heavy (non-hydrogen) atoms. The Morgan fingerprint density at radius 2 is 1.80 bits per heavy atom. The zero-order valence-corrected chi connectivity index (χ0v) is 14.6. The number of carbonyl (C=O) groups is 1. The number of thiazole rings is 1. The molecule has 0 saturated heterocycles. The first-order valence-corrected chi connectivity index (χ1v) is 8.29. The monoisotopic (exact) mass is 355 g/mol. The molecular weight excluding hydrogens is 338 g/mol. The maximum Gasteiger partial charge on any atom is 0.206 e. The Hall–Kier alpha value is -3.06. The average molecular weight is 355 g/mol. The zero-order chi connectivity index (χ0) is 17.8. The van der Waals surface area contributed by atoms with Crippen LogP contribution in [0.2, 0.25) is 0 Å². The molecule has 1 heterocycles. The Labute approximate surface area is 149 Å². The van der Waals surface area contributed by atoms with E-state index in [1.807, 2.05) is 24.3 Å². The summed E-state index contributed by atoms with van der Waals surface area (Å²) in [5, 5.41) is 3.67. The van der Waals surface area contributed by atoms with Crippen LogP contribution in [0.25, 0.3) is 0 Å². The lowest BCUT2D eigenvalue weighted by Gasteiger charge is -2.07. The predicted molar refractivity (Wildman–Crippen MR) is 99.2 cm³/mol. The van der Waals surface area contributed by atoms with Crippen molar-refractivity contribution < 1.29 is 14.3 Å².